The van der Waals surface area contributed by atoms with Crippen LogP contribution in [-0.4, -0.2) is 0 Å². The van der Waals surface area contributed by atoms with Gasteiger partial charge in [-0.2, -0.15) is 0 Å². The third-order valence-electron chi connectivity index (χ3n) is 11.2. The minimum absolute atomic E-state index is 0.454. The zero-order valence-electron chi connectivity index (χ0n) is 27.4. The minimum Gasteiger partial charge on any atom is -0.455 e. The highest BCUT2D eigenvalue weighted by molar-refractivity contribution is 7.25. The number of hydrogen-bond acceptors (Lipinski definition) is 2. The van der Waals surface area contributed by atoms with Crippen LogP contribution in [0.25, 0.3) is 75.2 Å². The molecule has 2 heterocycles. The van der Waals surface area contributed by atoms with E-state index in [2.05, 4.69) is 158 Å². The predicted molar refractivity (Wildman–Crippen MR) is 212 cm³/mol. The van der Waals surface area contributed by atoms with Crippen LogP contribution < -0.4 is 10.4 Å². The number of hydrogen-bond donors (Lipinski definition) is 0. The smallest absolute Gasteiger partial charge is 0.143 e. The Hall–Kier alpha value is -5.70. The molecule has 0 bridgehead atoms. The molecule has 0 N–H and O–H groups in total. The van der Waals surface area contributed by atoms with Gasteiger partial charge in [-0.15, -0.1) is 11.3 Å². The summed E-state index contributed by atoms with van der Waals surface area (Å²) >= 11 is 1.91. The number of fused-ring (bicyclic) bond motifs is 10. The molecule has 7 aromatic carbocycles. The summed E-state index contributed by atoms with van der Waals surface area (Å²) in [5.41, 5.74) is 10.1. The SMILES string of the molecule is C1=CCC2C(c3ccc4c(c3)sc3cc(-c5ccc6oc7c8ccccc8ccc7c6c5)ccc34)=c3ccccc3=C(c3ccccc3)C2C1. The molecule has 0 saturated heterocycles. The molecule has 0 amide bonds. The van der Waals surface area contributed by atoms with Crippen molar-refractivity contribution in [2.24, 2.45) is 11.8 Å². The average molecular weight is 657 g/mol. The minimum atomic E-state index is 0.454. The molecule has 9 aromatic rings. The van der Waals surface area contributed by atoms with Crippen molar-refractivity contribution in [3.8, 4) is 11.1 Å². The molecule has 2 aromatic heterocycles. The third-order valence-corrected chi connectivity index (χ3v) is 12.4. The number of furan rings is 1. The Morgan fingerprint density at radius 3 is 1.82 bits per heavy atom. The van der Waals surface area contributed by atoms with Crippen LogP contribution in [-0.2, 0) is 0 Å². The number of allylic oxidation sites excluding steroid dienone is 2. The maximum Gasteiger partial charge on any atom is 0.143 e. The maximum atomic E-state index is 6.41. The number of rotatable bonds is 3. The summed E-state index contributed by atoms with van der Waals surface area (Å²) in [5.74, 6) is 0.923. The molecule has 1 nitrogen and oxygen atoms in total. The van der Waals surface area contributed by atoms with E-state index in [-0.39, 0.29) is 0 Å². The van der Waals surface area contributed by atoms with E-state index in [9.17, 15) is 0 Å². The Bertz CT molecular complexity index is 2990. The molecule has 0 saturated carbocycles. The molecule has 2 heteroatoms. The second-order valence-electron chi connectivity index (χ2n) is 13.9. The lowest BCUT2D eigenvalue weighted by Crippen LogP contribution is -2.41. The van der Waals surface area contributed by atoms with Crippen LogP contribution in [0.4, 0.5) is 0 Å². The van der Waals surface area contributed by atoms with Gasteiger partial charge in [-0.25, -0.2) is 0 Å². The van der Waals surface area contributed by atoms with Crippen LogP contribution in [0.1, 0.15) is 24.0 Å². The van der Waals surface area contributed by atoms with Crippen molar-refractivity contribution in [1.82, 2.24) is 0 Å². The van der Waals surface area contributed by atoms with Crippen LogP contribution in [0.3, 0.4) is 0 Å². The fourth-order valence-corrected chi connectivity index (χ4v) is 10.2. The molecule has 11 rings (SSSR count). The van der Waals surface area contributed by atoms with Crippen LogP contribution >= 0.6 is 11.3 Å². The molecule has 236 valence electrons. The summed E-state index contributed by atoms with van der Waals surface area (Å²) in [4.78, 5) is 0. The summed E-state index contributed by atoms with van der Waals surface area (Å²) in [6.07, 6.45) is 6.96. The molecule has 50 heavy (non-hydrogen) atoms. The van der Waals surface area contributed by atoms with Gasteiger partial charge in [0.25, 0.3) is 0 Å². The van der Waals surface area contributed by atoms with Gasteiger partial charge < -0.3 is 4.42 Å². The topological polar surface area (TPSA) is 13.1 Å². The van der Waals surface area contributed by atoms with Crippen LogP contribution in [0.5, 0.6) is 0 Å². The van der Waals surface area contributed by atoms with Gasteiger partial charge in [0.1, 0.15) is 11.2 Å². The first-order chi connectivity index (χ1) is 24.8. The zero-order valence-corrected chi connectivity index (χ0v) is 28.2. The standard InChI is InChI=1S/C48H32OS/c1-2-11-30(12-3-1)46-37-14-6-8-16-39(37)47(40-17-9-7-15-38(40)46)33-20-23-36-35-22-19-32(27-44(35)50-45(36)28-33)31-21-25-43-42(26-31)41-24-18-29-10-4-5-13-34(29)48(41)49-43/h1-14,16,18-28,38,40H,15,17H2. The average Bonchev–Trinajstić information content (AvgIpc) is 3.74. The van der Waals surface area contributed by atoms with Crippen LogP contribution in [0.15, 0.2) is 162 Å². The van der Waals surface area contributed by atoms with Gasteiger partial charge in [0.15, 0.2) is 0 Å². The van der Waals surface area contributed by atoms with Gasteiger partial charge >= 0.3 is 0 Å². The molecule has 2 aliphatic rings. The monoisotopic (exact) mass is 656 g/mol. The second kappa shape index (κ2) is 10.9. The van der Waals surface area contributed by atoms with Gasteiger partial charge in [-0.1, -0.05) is 127 Å². The summed E-state index contributed by atoms with van der Waals surface area (Å²) in [6.45, 7) is 0. The Morgan fingerprint density at radius 1 is 0.440 bits per heavy atom. The highest BCUT2D eigenvalue weighted by atomic mass is 32.1. The van der Waals surface area contributed by atoms with Gasteiger partial charge in [0.2, 0.25) is 0 Å². The summed E-state index contributed by atoms with van der Waals surface area (Å²) in [6, 6.07) is 53.9. The van der Waals surface area contributed by atoms with Crippen molar-refractivity contribution < 1.29 is 4.42 Å². The van der Waals surface area contributed by atoms with E-state index in [4.69, 9.17) is 4.42 Å². The first-order valence-corrected chi connectivity index (χ1v) is 18.5. The second-order valence-corrected chi connectivity index (χ2v) is 15.0. The van der Waals surface area contributed by atoms with Gasteiger partial charge in [-0.3, -0.25) is 0 Å². The first-order valence-electron chi connectivity index (χ1n) is 17.6. The fraction of sp³-hybridized carbons (Fsp3) is 0.0833. The lowest BCUT2D eigenvalue weighted by Gasteiger charge is -2.36. The van der Waals surface area contributed by atoms with Gasteiger partial charge in [-0.05, 0) is 104 Å². The number of benzene rings is 7. The fourth-order valence-electron chi connectivity index (χ4n) is 8.97. The molecule has 0 radical (unpaired) electrons. The molecule has 2 atom stereocenters. The summed E-state index contributed by atoms with van der Waals surface area (Å²) in [5, 5.41) is 10.1. The molecule has 0 aliphatic heterocycles. The lowest BCUT2D eigenvalue weighted by atomic mass is 9.67. The molecule has 0 spiro atoms. The van der Waals surface area contributed by atoms with Gasteiger partial charge in [0.05, 0.1) is 0 Å². The maximum absolute atomic E-state index is 6.41. The van der Waals surface area contributed by atoms with E-state index in [0.29, 0.717) is 11.8 Å². The lowest BCUT2D eigenvalue weighted by molar-refractivity contribution is 0.484. The largest absolute Gasteiger partial charge is 0.455 e. The number of thiophene rings is 1. The quantitative estimate of drug-likeness (QED) is 0.173. The third kappa shape index (κ3) is 4.19. The van der Waals surface area contributed by atoms with Crippen LogP contribution in [0, 0.1) is 11.8 Å². The van der Waals surface area contributed by atoms with Crippen molar-refractivity contribution in [2.45, 2.75) is 12.8 Å². The Balaban J connectivity index is 1.05. The van der Waals surface area contributed by atoms with E-state index in [1.807, 2.05) is 11.3 Å². The van der Waals surface area contributed by atoms with E-state index < -0.39 is 0 Å². The molecule has 2 aliphatic carbocycles. The Labute approximate surface area is 293 Å². The van der Waals surface area contributed by atoms with E-state index in [1.165, 1.54) is 74.8 Å². The van der Waals surface area contributed by atoms with Crippen LogP contribution in [0.2, 0.25) is 0 Å². The highest BCUT2D eigenvalue weighted by Crippen LogP contribution is 2.45. The van der Waals surface area contributed by atoms with E-state index in [0.717, 1.165) is 34.8 Å². The summed E-state index contributed by atoms with van der Waals surface area (Å²) in [7, 11) is 0. The van der Waals surface area contributed by atoms with Crippen molar-refractivity contribution in [3.05, 3.63) is 179 Å². The van der Waals surface area contributed by atoms with Crippen molar-refractivity contribution in [2.75, 3.05) is 0 Å². The zero-order chi connectivity index (χ0) is 32.8. The first kappa shape index (κ1) is 28.2. The molecular weight excluding hydrogens is 625 g/mol. The predicted octanol–water partition coefficient (Wildman–Crippen LogP) is 11.8. The van der Waals surface area contributed by atoms with Crippen molar-refractivity contribution >= 4 is 75.4 Å². The molecular formula is C48H32OS. The normalized spacial score (nSPS) is 17.3. The van der Waals surface area contributed by atoms with E-state index in [1.54, 1.807) is 0 Å². The van der Waals surface area contributed by atoms with Crippen molar-refractivity contribution in [1.29, 1.82) is 0 Å². The van der Waals surface area contributed by atoms with E-state index >= 15 is 0 Å². The van der Waals surface area contributed by atoms with Gasteiger partial charge in [0, 0.05) is 36.3 Å². The molecule has 2 unspecified atom stereocenters. The van der Waals surface area contributed by atoms with Crippen molar-refractivity contribution in [3.63, 3.8) is 0 Å². The Morgan fingerprint density at radius 2 is 1.04 bits per heavy atom. The highest BCUT2D eigenvalue weighted by Gasteiger charge is 2.34. The molecule has 0 fully saturated rings. The Kier molecular flexibility index (Phi) is 6.14. The summed E-state index contributed by atoms with van der Waals surface area (Å²) < 4.78 is 9.08.